The molecule has 0 saturated heterocycles. The van der Waals surface area contributed by atoms with Gasteiger partial charge in [0.25, 0.3) is 5.91 Å². The van der Waals surface area contributed by atoms with E-state index in [1.165, 1.54) is 21.5 Å². The van der Waals surface area contributed by atoms with Crippen LogP contribution in [0.15, 0.2) is 47.5 Å². The van der Waals surface area contributed by atoms with Gasteiger partial charge in [-0.1, -0.05) is 12.1 Å². The zero-order valence-corrected chi connectivity index (χ0v) is 12.8. The number of hydrogen-bond donors (Lipinski definition) is 1. The van der Waals surface area contributed by atoms with Crippen molar-refractivity contribution in [1.82, 2.24) is 23.6 Å². The molecule has 0 aliphatic carbocycles. The topological polar surface area (TPSA) is 90.9 Å². The van der Waals surface area contributed by atoms with Crippen LogP contribution in [0, 0.1) is 0 Å². The second-order valence-corrected chi connectivity index (χ2v) is 6.19. The average Bonchev–Trinajstić information content (AvgIpc) is 3.19. The Morgan fingerprint density at radius 2 is 1.91 bits per heavy atom. The predicted molar refractivity (Wildman–Crippen MR) is 84.9 cm³/mol. The lowest BCUT2D eigenvalue weighted by atomic mass is 10.3. The van der Waals surface area contributed by atoms with Crippen LogP contribution in [0.4, 0.5) is 0 Å². The lowest BCUT2D eigenvalue weighted by molar-refractivity contribution is -0.114. The Labute approximate surface area is 132 Å². The van der Waals surface area contributed by atoms with Crippen molar-refractivity contribution in [1.29, 1.82) is 0 Å². The number of fused-ring (bicyclic) bond motifs is 1. The fourth-order valence-corrected chi connectivity index (χ4v) is 3.41. The molecule has 1 atom stereocenters. The Balaban J connectivity index is 1.90. The summed E-state index contributed by atoms with van der Waals surface area (Å²) in [7, 11) is 0.0546. The Morgan fingerprint density at radius 1 is 1.17 bits per heavy atom. The SMILES string of the molecule is Cn1c(=O)n(-c2cnn(C3=CC(=O)NS3=O)c2)c2ccccc21. The third-order valence-corrected chi connectivity index (χ3v) is 4.72. The first-order valence-electron chi connectivity index (χ1n) is 6.72. The summed E-state index contributed by atoms with van der Waals surface area (Å²) in [6.07, 6.45) is 4.28. The molecule has 2 aromatic heterocycles. The molecule has 3 aromatic rings. The number of carbonyl (C=O) groups excluding carboxylic acids is 1. The molecular weight excluding hydrogens is 318 g/mol. The molecule has 0 radical (unpaired) electrons. The Kier molecular flexibility index (Phi) is 2.85. The minimum atomic E-state index is -1.64. The quantitative estimate of drug-likeness (QED) is 0.723. The predicted octanol–water partition coefficient (Wildman–Crippen LogP) is 0.118. The Morgan fingerprint density at radius 3 is 2.61 bits per heavy atom. The van der Waals surface area contributed by atoms with Gasteiger partial charge in [0.05, 0.1) is 29.1 Å². The smallest absolute Gasteiger partial charge is 0.295 e. The first-order valence-corrected chi connectivity index (χ1v) is 7.87. The third kappa shape index (κ3) is 1.97. The van der Waals surface area contributed by atoms with Gasteiger partial charge < -0.3 is 0 Å². The molecule has 1 aliphatic rings. The molecule has 1 amide bonds. The van der Waals surface area contributed by atoms with Crippen LogP contribution >= 0.6 is 0 Å². The van der Waals surface area contributed by atoms with Crippen LogP contribution in [0.1, 0.15) is 0 Å². The van der Waals surface area contributed by atoms with Crippen molar-refractivity contribution in [2.24, 2.45) is 7.05 Å². The Hall–Kier alpha value is -2.94. The van der Waals surface area contributed by atoms with E-state index in [0.29, 0.717) is 5.69 Å². The van der Waals surface area contributed by atoms with Crippen LogP contribution in [-0.2, 0) is 22.8 Å². The number of nitrogens with one attached hydrogen (secondary N) is 1. The van der Waals surface area contributed by atoms with E-state index in [9.17, 15) is 13.8 Å². The van der Waals surface area contributed by atoms with Crippen molar-refractivity contribution >= 4 is 33.0 Å². The number of aromatic nitrogens is 4. The minimum Gasteiger partial charge on any atom is -0.295 e. The fraction of sp³-hybridized carbons (Fsp3) is 0.0714. The Bertz CT molecular complexity index is 1070. The van der Waals surface area contributed by atoms with E-state index in [2.05, 4.69) is 9.82 Å². The maximum absolute atomic E-state index is 12.5. The van der Waals surface area contributed by atoms with Crippen molar-refractivity contribution in [2.75, 3.05) is 0 Å². The molecule has 116 valence electrons. The van der Waals surface area contributed by atoms with Crippen LogP contribution in [0.3, 0.4) is 0 Å². The van der Waals surface area contributed by atoms with Crippen LogP contribution < -0.4 is 10.4 Å². The lowest BCUT2D eigenvalue weighted by Crippen LogP contribution is -2.20. The molecule has 0 fully saturated rings. The van der Waals surface area contributed by atoms with Gasteiger partial charge in [-0.15, -0.1) is 0 Å². The van der Waals surface area contributed by atoms with E-state index in [4.69, 9.17) is 0 Å². The molecule has 8 nitrogen and oxygen atoms in total. The monoisotopic (exact) mass is 329 g/mol. The minimum absolute atomic E-state index is 0.207. The van der Waals surface area contributed by atoms with Gasteiger partial charge in [-0.05, 0) is 12.1 Å². The third-order valence-electron chi connectivity index (χ3n) is 3.65. The summed E-state index contributed by atoms with van der Waals surface area (Å²) in [6.45, 7) is 0. The van der Waals surface area contributed by atoms with Gasteiger partial charge in [0, 0.05) is 13.1 Å². The van der Waals surface area contributed by atoms with Crippen LogP contribution in [-0.4, -0.2) is 29.0 Å². The molecule has 9 heteroatoms. The number of hydrogen-bond acceptors (Lipinski definition) is 4. The zero-order valence-electron chi connectivity index (χ0n) is 12.0. The van der Waals surface area contributed by atoms with Gasteiger partial charge >= 0.3 is 5.69 Å². The van der Waals surface area contributed by atoms with Crippen molar-refractivity contribution in [3.63, 3.8) is 0 Å². The van der Waals surface area contributed by atoms with Crippen LogP contribution in [0.5, 0.6) is 0 Å². The largest absolute Gasteiger partial charge is 0.333 e. The van der Waals surface area contributed by atoms with E-state index in [-0.39, 0.29) is 10.7 Å². The molecule has 1 aromatic carbocycles. The van der Waals surface area contributed by atoms with Crippen molar-refractivity contribution in [3.8, 4) is 5.69 Å². The first kappa shape index (κ1) is 13.7. The van der Waals surface area contributed by atoms with Crippen molar-refractivity contribution in [2.45, 2.75) is 0 Å². The van der Waals surface area contributed by atoms with Gasteiger partial charge in [-0.3, -0.25) is 18.7 Å². The summed E-state index contributed by atoms with van der Waals surface area (Å²) in [5, 5.41) is 4.34. The van der Waals surface area contributed by atoms with E-state index < -0.39 is 16.9 Å². The number of para-hydroxylation sites is 2. The van der Waals surface area contributed by atoms with E-state index >= 15 is 0 Å². The lowest BCUT2D eigenvalue weighted by Gasteiger charge is -2.00. The normalized spacial score (nSPS) is 17.5. The number of amides is 1. The van der Waals surface area contributed by atoms with Gasteiger partial charge in [-0.25, -0.2) is 13.7 Å². The summed E-state index contributed by atoms with van der Waals surface area (Å²) in [5.74, 6) is -0.433. The van der Waals surface area contributed by atoms with Crippen molar-refractivity contribution in [3.05, 3.63) is 53.2 Å². The summed E-state index contributed by atoms with van der Waals surface area (Å²) in [5.41, 5.74) is 1.87. The highest BCUT2D eigenvalue weighted by Gasteiger charge is 2.22. The van der Waals surface area contributed by atoms with E-state index in [1.807, 2.05) is 24.3 Å². The van der Waals surface area contributed by atoms with E-state index in [1.54, 1.807) is 17.8 Å². The molecule has 23 heavy (non-hydrogen) atoms. The number of aryl methyl sites for hydroxylation is 1. The summed E-state index contributed by atoms with van der Waals surface area (Å²) in [6, 6.07) is 7.40. The molecule has 3 heterocycles. The molecule has 0 bridgehead atoms. The average molecular weight is 329 g/mol. The molecule has 1 unspecified atom stereocenters. The number of imidazole rings is 1. The molecule has 0 saturated carbocycles. The number of nitrogens with zero attached hydrogens (tertiary/aromatic N) is 4. The van der Waals surface area contributed by atoms with Gasteiger partial charge in [-0.2, -0.15) is 5.10 Å². The number of carbonyl (C=O) groups is 1. The van der Waals surface area contributed by atoms with Gasteiger partial charge in [0.2, 0.25) is 0 Å². The van der Waals surface area contributed by atoms with E-state index in [0.717, 1.165) is 11.0 Å². The second kappa shape index (κ2) is 4.78. The maximum Gasteiger partial charge on any atom is 0.333 e. The molecule has 1 aliphatic heterocycles. The van der Waals surface area contributed by atoms with Gasteiger partial charge in [0.1, 0.15) is 0 Å². The zero-order chi connectivity index (χ0) is 16.1. The van der Waals surface area contributed by atoms with Crippen molar-refractivity contribution < 1.29 is 9.00 Å². The highest BCUT2D eigenvalue weighted by molar-refractivity contribution is 7.93. The first-order chi connectivity index (χ1) is 11.1. The summed E-state index contributed by atoms with van der Waals surface area (Å²) >= 11 is 0. The van der Waals surface area contributed by atoms with Crippen LogP contribution in [0.25, 0.3) is 21.7 Å². The highest BCUT2D eigenvalue weighted by atomic mass is 32.2. The standard InChI is InChI=1S/C14H11N5O3S/c1-17-10-4-2-3-5-11(10)19(14(17)21)9-7-15-18(8-9)13-6-12(20)16-23(13)22/h2-8H,1H3,(H,16,20). The number of rotatable bonds is 2. The molecular formula is C14H11N5O3S. The van der Waals surface area contributed by atoms with Crippen LogP contribution in [0.2, 0.25) is 0 Å². The number of benzene rings is 1. The molecule has 4 rings (SSSR count). The highest BCUT2D eigenvalue weighted by Crippen LogP contribution is 2.19. The fourth-order valence-electron chi connectivity index (χ4n) is 2.58. The summed E-state index contributed by atoms with van der Waals surface area (Å²) in [4.78, 5) is 23.7. The second-order valence-electron chi connectivity index (χ2n) is 5.03. The summed E-state index contributed by atoms with van der Waals surface area (Å²) < 4.78 is 18.5. The van der Waals surface area contributed by atoms with Gasteiger partial charge in [0.15, 0.2) is 16.0 Å². The molecule has 0 spiro atoms. The maximum atomic E-state index is 12.5. The molecule has 1 N–H and O–H groups in total.